The number of aromatic nitrogens is 1. The standard InChI is InChI=1S/C12H16N2O/c1-14(2)7-6-9-8-13-10-4-3-5-11(15)12(9)10/h3-5,8,13,15H,6-7H2,1-2H3/i1D3,7D2. The van der Waals surface area contributed by atoms with E-state index in [9.17, 15) is 5.11 Å². The molecule has 15 heavy (non-hydrogen) atoms. The average molecular weight is 209 g/mol. The molecule has 2 aromatic rings. The van der Waals surface area contributed by atoms with Crippen LogP contribution in [-0.4, -0.2) is 35.5 Å². The van der Waals surface area contributed by atoms with Gasteiger partial charge in [-0.25, -0.2) is 0 Å². The molecular formula is C12H16N2O. The molecule has 1 aromatic heterocycles. The van der Waals surface area contributed by atoms with E-state index >= 15 is 0 Å². The topological polar surface area (TPSA) is 39.3 Å². The molecule has 0 aliphatic heterocycles. The van der Waals surface area contributed by atoms with E-state index in [1.807, 2.05) is 0 Å². The summed E-state index contributed by atoms with van der Waals surface area (Å²) < 4.78 is 37.8. The number of hydrogen-bond donors (Lipinski definition) is 2. The number of hydrogen-bond acceptors (Lipinski definition) is 2. The molecule has 0 saturated carbocycles. The fourth-order valence-corrected chi connectivity index (χ4v) is 1.58. The summed E-state index contributed by atoms with van der Waals surface area (Å²) in [5.74, 6) is 0.0473. The Hall–Kier alpha value is -1.48. The first-order valence-corrected chi connectivity index (χ1v) is 4.65. The van der Waals surface area contributed by atoms with E-state index in [-0.39, 0.29) is 12.2 Å². The first kappa shape index (κ1) is 5.56. The zero-order valence-corrected chi connectivity index (χ0v) is 8.41. The highest BCUT2D eigenvalue weighted by Gasteiger charge is 2.07. The van der Waals surface area contributed by atoms with E-state index in [0.717, 1.165) is 4.90 Å². The Labute approximate surface area is 96.4 Å². The van der Waals surface area contributed by atoms with Crippen molar-refractivity contribution in [2.45, 2.75) is 6.42 Å². The Balaban J connectivity index is 2.37. The number of nitrogens with one attached hydrogen (secondary N) is 1. The van der Waals surface area contributed by atoms with Gasteiger partial charge in [0.1, 0.15) is 5.75 Å². The third kappa shape index (κ3) is 1.97. The molecule has 3 heteroatoms. The smallest absolute Gasteiger partial charge is 0.125 e. The van der Waals surface area contributed by atoms with Gasteiger partial charge >= 0.3 is 0 Å². The summed E-state index contributed by atoms with van der Waals surface area (Å²) in [5.41, 5.74) is 1.23. The summed E-state index contributed by atoms with van der Waals surface area (Å²) in [6.07, 6.45) is 1.45. The predicted molar refractivity (Wildman–Crippen MR) is 62.2 cm³/mol. The van der Waals surface area contributed by atoms with Crippen LogP contribution in [0.3, 0.4) is 0 Å². The van der Waals surface area contributed by atoms with Crippen molar-refractivity contribution >= 4 is 10.9 Å². The zero-order chi connectivity index (χ0) is 15.1. The summed E-state index contributed by atoms with van der Waals surface area (Å²) in [4.78, 5) is 3.66. The second-order valence-electron chi connectivity index (χ2n) is 3.41. The molecule has 0 aliphatic rings. The molecule has 0 bridgehead atoms. The molecule has 1 heterocycles. The van der Waals surface area contributed by atoms with Crippen molar-refractivity contribution in [3.63, 3.8) is 0 Å². The average Bonchev–Trinajstić information content (AvgIpc) is 2.71. The molecular weight excluding hydrogens is 188 g/mol. The number of nitrogens with zero attached hydrogens (tertiary/aromatic N) is 1. The second-order valence-corrected chi connectivity index (χ2v) is 3.41. The Morgan fingerprint density at radius 3 is 3.27 bits per heavy atom. The molecule has 0 radical (unpaired) electrons. The first-order chi connectivity index (χ1) is 9.13. The summed E-state index contributed by atoms with van der Waals surface area (Å²) in [6, 6.07) is 4.96. The fraction of sp³-hybridized carbons (Fsp3) is 0.333. The number of aromatic amines is 1. The number of H-pyrrole nitrogens is 1. The van der Waals surface area contributed by atoms with Crippen molar-refractivity contribution in [1.29, 1.82) is 0 Å². The minimum atomic E-state index is -2.52. The van der Waals surface area contributed by atoms with Crippen LogP contribution in [-0.2, 0) is 6.42 Å². The minimum absolute atomic E-state index is 0.0473. The van der Waals surface area contributed by atoms with Gasteiger partial charge in [0.05, 0.1) is 0 Å². The minimum Gasteiger partial charge on any atom is -0.507 e. The highest BCUT2D eigenvalue weighted by Crippen LogP contribution is 2.27. The lowest BCUT2D eigenvalue weighted by molar-refractivity contribution is 0.414. The third-order valence-electron chi connectivity index (χ3n) is 2.27. The van der Waals surface area contributed by atoms with E-state index < -0.39 is 13.5 Å². The van der Waals surface area contributed by atoms with Crippen molar-refractivity contribution in [3.05, 3.63) is 30.0 Å². The Morgan fingerprint density at radius 2 is 2.47 bits per heavy atom. The lowest BCUT2D eigenvalue weighted by atomic mass is 10.1. The van der Waals surface area contributed by atoms with Crippen LogP contribution < -0.4 is 0 Å². The van der Waals surface area contributed by atoms with Crippen molar-refractivity contribution in [2.75, 3.05) is 20.5 Å². The van der Waals surface area contributed by atoms with E-state index in [1.165, 1.54) is 13.1 Å². The monoisotopic (exact) mass is 209 g/mol. The third-order valence-corrected chi connectivity index (χ3v) is 2.27. The first-order valence-electron chi connectivity index (χ1n) is 7.15. The van der Waals surface area contributed by atoms with Gasteiger partial charge in [0.15, 0.2) is 0 Å². The van der Waals surface area contributed by atoms with Crippen molar-refractivity contribution in [1.82, 2.24) is 9.88 Å². The quantitative estimate of drug-likeness (QED) is 0.811. The number of rotatable bonds is 3. The lowest BCUT2D eigenvalue weighted by Crippen LogP contribution is -2.14. The molecule has 0 fully saturated rings. The maximum atomic E-state index is 9.87. The van der Waals surface area contributed by atoms with Gasteiger partial charge in [-0.2, -0.15) is 0 Å². The molecule has 0 aliphatic carbocycles. The number of fused-ring (bicyclic) bond motifs is 1. The lowest BCUT2D eigenvalue weighted by Gasteiger charge is -2.08. The highest BCUT2D eigenvalue weighted by molar-refractivity contribution is 5.88. The number of phenols is 1. The van der Waals surface area contributed by atoms with E-state index in [4.69, 9.17) is 6.85 Å². The van der Waals surface area contributed by atoms with Crippen LogP contribution in [0.5, 0.6) is 5.75 Å². The Morgan fingerprint density at radius 1 is 1.60 bits per heavy atom. The maximum Gasteiger partial charge on any atom is 0.125 e. The highest BCUT2D eigenvalue weighted by atomic mass is 16.3. The molecule has 2 N–H and O–H groups in total. The van der Waals surface area contributed by atoms with Gasteiger partial charge in [0.2, 0.25) is 0 Å². The van der Waals surface area contributed by atoms with Crippen molar-refractivity contribution in [2.24, 2.45) is 0 Å². The predicted octanol–water partition coefficient (Wildman–Crippen LogP) is 1.98. The molecule has 0 amide bonds. The molecule has 0 unspecified atom stereocenters. The van der Waals surface area contributed by atoms with Gasteiger partial charge in [-0.3, -0.25) is 0 Å². The fourth-order valence-electron chi connectivity index (χ4n) is 1.58. The van der Waals surface area contributed by atoms with Gasteiger partial charge in [-0.1, -0.05) is 6.07 Å². The molecule has 1 aromatic carbocycles. The number of aryl methyl sites for hydroxylation is 1. The normalized spacial score (nSPS) is 18.1. The summed E-state index contributed by atoms with van der Waals surface area (Å²) in [6.45, 7) is -4.57. The van der Waals surface area contributed by atoms with Gasteiger partial charge < -0.3 is 15.0 Å². The van der Waals surface area contributed by atoms with Crippen LogP contribution in [0.1, 0.15) is 12.4 Å². The molecule has 0 atom stereocenters. The van der Waals surface area contributed by atoms with Crippen LogP contribution in [0.25, 0.3) is 10.9 Å². The zero-order valence-electron chi connectivity index (χ0n) is 13.4. The van der Waals surface area contributed by atoms with Gasteiger partial charge in [0, 0.05) is 30.5 Å². The van der Waals surface area contributed by atoms with E-state index in [0.29, 0.717) is 16.5 Å². The molecule has 0 saturated heterocycles. The Bertz CT molecular complexity index is 620. The second kappa shape index (κ2) is 3.95. The van der Waals surface area contributed by atoms with Gasteiger partial charge in [0.25, 0.3) is 0 Å². The molecule has 3 nitrogen and oxygen atoms in total. The molecule has 0 spiro atoms. The molecule has 2 rings (SSSR count). The number of phenolic OH excluding ortho intramolecular Hbond substituents is 1. The summed E-state index contributed by atoms with van der Waals surface area (Å²) in [5, 5.41) is 10.4. The van der Waals surface area contributed by atoms with Crippen LogP contribution >= 0.6 is 0 Å². The van der Waals surface area contributed by atoms with Gasteiger partial charge in [-0.05, 0) is 38.1 Å². The SMILES string of the molecule is [2H]C([2H])([2H])N(C)C([2H])([2H])Cc1c[nH]c2cccc(O)c12. The van der Waals surface area contributed by atoms with Crippen LogP contribution in [0.2, 0.25) is 0 Å². The van der Waals surface area contributed by atoms with E-state index in [1.54, 1.807) is 18.3 Å². The van der Waals surface area contributed by atoms with Crippen LogP contribution in [0, 0.1) is 0 Å². The number of likely N-dealkylation sites (N-methyl/N-ethyl adjacent to an activating group) is 1. The summed E-state index contributed by atoms with van der Waals surface area (Å²) in [7, 11) is 1.22. The molecule has 80 valence electrons. The maximum absolute atomic E-state index is 9.87. The van der Waals surface area contributed by atoms with E-state index in [2.05, 4.69) is 4.98 Å². The summed E-state index contributed by atoms with van der Waals surface area (Å²) >= 11 is 0. The number of aromatic hydroxyl groups is 1. The number of benzene rings is 1. The van der Waals surface area contributed by atoms with Crippen LogP contribution in [0.15, 0.2) is 24.4 Å². The van der Waals surface area contributed by atoms with Crippen LogP contribution in [0.4, 0.5) is 0 Å². The largest absolute Gasteiger partial charge is 0.507 e. The van der Waals surface area contributed by atoms with Gasteiger partial charge in [-0.15, -0.1) is 0 Å². The van der Waals surface area contributed by atoms with Crippen molar-refractivity contribution < 1.29 is 12.0 Å². The van der Waals surface area contributed by atoms with Crippen molar-refractivity contribution in [3.8, 4) is 5.75 Å². The Kier molecular flexibility index (Phi) is 1.46.